The lowest BCUT2D eigenvalue weighted by Crippen LogP contribution is -2.24. The molecule has 0 saturated carbocycles. The van der Waals surface area contributed by atoms with Gasteiger partial charge in [-0.2, -0.15) is 0 Å². The summed E-state index contributed by atoms with van der Waals surface area (Å²) in [6, 6.07) is 8.28. The van der Waals surface area contributed by atoms with E-state index in [-0.39, 0.29) is 6.04 Å². The summed E-state index contributed by atoms with van der Waals surface area (Å²) in [5.74, 6) is 0.966. The summed E-state index contributed by atoms with van der Waals surface area (Å²) >= 11 is 0. The Morgan fingerprint density at radius 3 is 2.94 bits per heavy atom. The largest absolute Gasteiger partial charge is 0.386 e. The fraction of sp³-hybridized carbons (Fsp3) is 0.357. The zero-order chi connectivity index (χ0) is 11.8. The van der Waals surface area contributed by atoms with Crippen LogP contribution in [0.5, 0.6) is 0 Å². The van der Waals surface area contributed by atoms with Crippen molar-refractivity contribution in [2.75, 3.05) is 0 Å². The van der Waals surface area contributed by atoms with Crippen LogP contribution in [0.25, 0.3) is 0 Å². The SMILES string of the molecule is Cc1nccn1C1CCc2ccccc2C1O. The Bertz CT molecular complexity index is 533. The molecule has 1 aliphatic rings. The molecule has 3 heteroatoms. The third-order valence-corrected chi connectivity index (χ3v) is 3.67. The van der Waals surface area contributed by atoms with Crippen LogP contribution in [-0.2, 0) is 6.42 Å². The number of imidazole rings is 1. The maximum atomic E-state index is 10.5. The van der Waals surface area contributed by atoms with E-state index in [1.54, 1.807) is 6.20 Å². The minimum Gasteiger partial charge on any atom is -0.386 e. The quantitative estimate of drug-likeness (QED) is 0.814. The molecule has 0 fully saturated rings. The Kier molecular flexibility index (Phi) is 2.48. The van der Waals surface area contributed by atoms with Gasteiger partial charge in [0.15, 0.2) is 0 Å². The molecular formula is C14H16N2O. The molecule has 0 spiro atoms. The molecule has 2 unspecified atom stereocenters. The Morgan fingerprint density at radius 1 is 1.35 bits per heavy atom. The number of fused-ring (bicyclic) bond motifs is 1. The first-order valence-electron chi connectivity index (χ1n) is 6.02. The Hall–Kier alpha value is -1.61. The summed E-state index contributed by atoms with van der Waals surface area (Å²) < 4.78 is 2.08. The van der Waals surface area contributed by atoms with E-state index in [1.807, 2.05) is 31.3 Å². The topological polar surface area (TPSA) is 38.0 Å². The zero-order valence-electron chi connectivity index (χ0n) is 9.87. The molecule has 2 aromatic rings. The predicted octanol–water partition coefficient (Wildman–Crippen LogP) is 2.41. The molecule has 0 amide bonds. The van der Waals surface area contributed by atoms with Crippen LogP contribution in [0, 0.1) is 6.92 Å². The van der Waals surface area contributed by atoms with Gasteiger partial charge in [0.25, 0.3) is 0 Å². The molecule has 88 valence electrons. The van der Waals surface area contributed by atoms with Gasteiger partial charge in [-0.05, 0) is 30.9 Å². The molecule has 0 aliphatic heterocycles. The fourth-order valence-electron chi connectivity index (χ4n) is 2.75. The lowest BCUT2D eigenvalue weighted by molar-refractivity contribution is 0.0977. The first-order valence-corrected chi connectivity index (χ1v) is 6.02. The van der Waals surface area contributed by atoms with Gasteiger partial charge in [-0.25, -0.2) is 4.98 Å². The Balaban J connectivity index is 2.00. The molecule has 1 heterocycles. The molecule has 0 radical (unpaired) electrons. The number of nitrogens with zero attached hydrogens (tertiary/aromatic N) is 2. The highest BCUT2D eigenvalue weighted by Gasteiger charge is 2.29. The van der Waals surface area contributed by atoms with E-state index in [4.69, 9.17) is 0 Å². The average Bonchev–Trinajstić information content (AvgIpc) is 2.76. The second-order valence-electron chi connectivity index (χ2n) is 4.63. The van der Waals surface area contributed by atoms with E-state index in [1.165, 1.54) is 5.56 Å². The van der Waals surface area contributed by atoms with Crippen LogP contribution < -0.4 is 0 Å². The van der Waals surface area contributed by atoms with E-state index in [9.17, 15) is 5.11 Å². The van der Waals surface area contributed by atoms with Gasteiger partial charge < -0.3 is 9.67 Å². The Morgan fingerprint density at radius 2 is 2.18 bits per heavy atom. The summed E-state index contributed by atoms with van der Waals surface area (Å²) in [7, 11) is 0. The van der Waals surface area contributed by atoms with Crippen molar-refractivity contribution in [2.45, 2.75) is 31.9 Å². The van der Waals surface area contributed by atoms with Gasteiger partial charge in [0.2, 0.25) is 0 Å². The van der Waals surface area contributed by atoms with Crippen molar-refractivity contribution in [3.05, 3.63) is 53.6 Å². The number of aliphatic hydroxyl groups excluding tert-OH is 1. The van der Waals surface area contributed by atoms with Crippen LogP contribution in [-0.4, -0.2) is 14.7 Å². The summed E-state index contributed by atoms with van der Waals surface area (Å²) in [6.45, 7) is 1.98. The molecular weight excluding hydrogens is 212 g/mol. The Labute approximate surface area is 101 Å². The molecule has 3 nitrogen and oxygen atoms in total. The van der Waals surface area contributed by atoms with E-state index in [0.29, 0.717) is 0 Å². The van der Waals surface area contributed by atoms with Gasteiger partial charge in [-0.3, -0.25) is 0 Å². The van der Waals surface area contributed by atoms with Crippen molar-refractivity contribution < 1.29 is 5.11 Å². The molecule has 1 aliphatic carbocycles. The monoisotopic (exact) mass is 228 g/mol. The number of aliphatic hydroxyl groups is 1. The first-order chi connectivity index (χ1) is 8.27. The van der Waals surface area contributed by atoms with E-state index >= 15 is 0 Å². The summed E-state index contributed by atoms with van der Waals surface area (Å²) in [5.41, 5.74) is 2.34. The van der Waals surface area contributed by atoms with Gasteiger partial charge in [0.05, 0.1) is 12.1 Å². The van der Waals surface area contributed by atoms with Gasteiger partial charge >= 0.3 is 0 Å². The highest BCUT2D eigenvalue weighted by Crippen LogP contribution is 2.37. The van der Waals surface area contributed by atoms with Crippen LogP contribution in [0.4, 0.5) is 0 Å². The number of hydrogen-bond acceptors (Lipinski definition) is 2. The van der Waals surface area contributed by atoms with Gasteiger partial charge in [0, 0.05) is 12.4 Å². The van der Waals surface area contributed by atoms with E-state index < -0.39 is 6.10 Å². The fourth-order valence-corrected chi connectivity index (χ4v) is 2.75. The normalized spacial score (nSPS) is 23.4. The van der Waals surface area contributed by atoms with E-state index in [0.717, 1.165) is 24.2 Å². The van der Waals surface area contributed by atoms with Crippen LogP contribution in [0.1, 0.15) is 35.5 Å². The molecule has 1 aromatic heterocycles. The lowest BCUT2D eigenvalue weighted by atomic mass is 9.86. The van der Waals surface area contributed by atoms with Crippen LogP contribution in [0.15, 0.2) is 36.7 Å². The van der Waals surface area contributed by atoms with Gasteiger partial charge in [-0.1, -0.05) is 24.3 Å². The van der Waals surface area contributed by atoms with Crippen molar-refractivity contribution >= 4 is 0 Å². The highest BCUT2D eigenvalue weighted by molar-refractivity contribution is 5.32. The summed E-state index contributed by atoms with van der Waals surface area (Å²) in [6.07, 6.45) is 5.32. The van der Waals surface area contributed by atoms with Gasteiger partial charge in [-0.15, -0.1) is 0 Å². The predicted molar refractivity (Wildman–Crippen MR) is 65.7 cm³/mol. The number of aryl methyl sites for hydroxylation is 2. The second-order valence-corrected chi connectivity index (χ2v) is 4.63. The van der Waals surface area contributed by atoms with Crippen LogP contribution in [0.3, 0.4) is 0 Å². The molecule has 1 aromatic carbocycles. The number of rotatable bonds is 1. The van der Waals surface area contributed by atoms with Crippen molar-refractivity contribution in [3.63, 3.8) is 0 Å². The van der Waals surface area contributed by atoms with Crippen molar-refractivity contribution in [1.29, 1.82) is 0 Å². The molecule has 0 saturated heterocycles. The highest BCUT2D eigenvalue weighted by atomic mass is 16.3. The number of aromatic nitrogens is 2. The smallest absolute Gasteiger partial charge is 0.105 e. The van der Waals surface area contributed by atoms with Crippen LogP contribution >= 0.6 is 0 Å². The second kappa shape index (κ2) is 4.00. The standard InChI is InChI=1S/C14H16N2O/c1-10-15-8-9-16(10)13-7-6-11-4-2-3-5-12(11)14(13)17/h2-5,8-9,13-14,17H,6-7H2,1H3. The van der Waals surface area contributed by atoms with Crippen molar-refractivity contribution in [1.82, 2.24) is 9.55 Å². The summed E-state index contributed by atoms with van der Waals surface area (Å²) in [5, 5.41) is 10.5. The minimum atomic E-state index is -0.423. The molecule has 3 rings (SSSR count). The third-order valence-electron chi connectivity index (χ3n) is 3.67. The molecule has 0 bridgehead atoms. The molecule has 17 heavy (non-hydrogen) atoms. The minimum absolute atomic E-state index is 0.118. The number of hydrogen-bond donors (Lipinski definition) is 1. The molecule has 1 N–H and O–H groups in total. The van der Waals surface area contributed by atoms with Crippen molar-refractivity contribution in [3.8, 4) is 0 Å². The first kappa shape index (κ1) is 10.5. The van der Waals surface area contributed by atoms with Crippen LogP contribution in [0.2, 0.25) is 0 Å². The zero-order valence-corrected chi connectivity index (χ0v) is 9.87. The summed E-state index contributed by atoms with van der Waals surface area (Å²) in [4.78, 5) is 4.23. The maximum Gasteiger partial charge on any atom is 0.105 e. The molecule has 2 atom stereocenters. The maximum absolute atomic E-state index is 10.5. The van der Waals surface area contributed by atoms with Crippen molar-refractivity contribution in [2.24, 2.45) is 0 Å². The van der Waals surface area contributed by atoms with Gasteiger partial charge in [0.1, 0.15) is 5.82 Å². The van der Waals surface area contributed by atoms with E-state index in [2.05, 4.69) is 15.6 Å². The number of benzene rings is 1. The third kappa shape index (κ3) is 1.67. The lowest BCUT2D eigenvalue weighted by Gasteiger charge is -2.31. The average molecular weight is 228 g/mol.